The molecule has 0 unspecified atom stereocenters. The molecule has 3 nitrogen and oxygen atoms in total. The summed E-state index contributed by atoms with van der Waals surface area (Å²) in [5.41, 5.74) is 0.633. The summed E-state index contributed by atoms with van der Waals surface area (Å²) in [5, 5.41) is 3.13. The topological polar surface area (TPSA) is 46.2 Å². The second kappa shape index (κ2) is 5.87. The lowest BCUT2D eigenvalue weighted by Gasteiger charge is -2.30. The van der Waals surface area contributed by atoms with E-state index in [1.165, 1.54) is 12.1 Å². The average Bonchev–Trinajstić information content (AvgIpc) is 2.37. The molecule has 2 rings (SSSR count). The first-order chi connectivity index (χ1) is 9.66. The van der Waals surface area contributed by atoms with Gasteiger partial charge in [0, 0.05) is 18.0 Å². The Hall–Kier alpha value is -1.24. The number of nitrogens with one attached hydrogen (secondary N) is 1. The molecule has 1 aliphatic carbocycles. The first kappa shape index (κ1) is 16.1. The Morgan fingerprint density at radius 3 is 2.29 bits per heavy atom. The highest BCUT2D eigenvalue weighted by atomic mass is 32.2. The molecular formula is C14H18F3NO2S. The minimum absolute atomic E-state index is 0.0431. The van der Waals surface area contributed by atoms with E-state index in [1.54, 1.807) is 12.1 Å². The van der Waals surface area contributed by atoms with E-state index < -0.39 is 21.9 Å². The van der Waals surface area contributed by atoms with Gasteiger partial charge in [-0.15, -0.1) is 0 Å². The SMILES string of the molecule is CS(=O)(=O)c1cccc(NC2CCC(C(F)(F)F)CC2)c1. The Labute approximate surface area is 122 Å². The maximum Gasteiger partial charge on any atom is 0.391 e. The number of alkyl halides is 3. The summed E-state index contributed by atoms with van der Waals surface area (Å²) in [6.07, 6.45) is -1.87. The van der Waals surface area contributed by atoms with Gasteiger partial charge >= 0.3 is 6.18 Å². The van der Waals surface area contributed by atoms with Gasteiger partial charge in [0.25, 0.3) is 0 Å². The van der Waals surface area contributed by atoms with Crippen molar-refractivity contribution in [2.24, 2.45) is 5.92 Å². The molecule has 0 bridgehead atoms. The van der Waals surface area contributed by atoms with Crippen LogP contribution in [0, 0.1) is 5.92 Å². The zero-order valence-corrected chi connectivity index (χ0v) is 12.5. The normalized spacial score (nSPS) is 23.8. The quantitative estimate of drug-likeness (QED) is 0.925. The highest BCUT2D eigenvalue weighted by Crippen LogP contribution is 2.38. The molecule has 0 radical (unpaired) electrons. The summed E-state index contributed by atoms with van der Waals surface area (Å²) in [6.45, 7) is 0. The molecule has 1 aromatic rings. The largest absolute Gasteiger partial charge is 0.391 e. The summed E-state index contributed by atoms with van der Waals surface area (Å²) in [7, 11) is -3.28. The Morgan fingerprint density at radius 1 is 1.14 bits per heavy atom. The van der Waals surface area contributed by atoms with Crippen molar-refractivity contribution >= 4 is 15.5 Å². The Bertz CT molecular complexity index is 590. The summed E-state index contributed by atoms with van der Waals surface area (Å²) in [6, 6.07) is 6.33. The molecule has 0 saturated heterocycles. The van der Waals surface area contributed by atoms with Crippen molar-refractivity contribution in [3.63, 3.8) is 0 Å². The van der Waals surface area contributed by atoms with Crippen LogP contribution >= 0.6 is 0 Å². The average molecular weight is 321 g/mol. The van der Waals surface area contributed by atoms with Gasteiger partial charge in [-0.25, -0.2) is 8.42 Å². The molecule has 0 aliphatic heterocycles. The molecule has 0 atom stereocenters. The van der Waals surface area contributed by atoms with Crippen LogP contribution in [0.25, 0.3) is 0 Å². The van der Waals surface area contributed by atoms with Gasteiger partial charge < -0.3 is 5.32 Å². The van der Waals surface area contributed by atoms with Gasteiger partial charge in [-0.1, -0.05) is 6.07 Å². The molecule has 0 aromatic heterocycles. The minimum atomic E-state index is -4.11. The molecule has 1 N–H and O–H groups in total. The van der Waals surface area contributed by atoms with Crippen LogP contribution in [0.1, 0.15) is 25.7 Å². The van der Waals surface area contributed by atoms with E-state index in [-0.39, 0.29) is 23.8 Å². The van der Waals surface area contributed by atoms with Crippen molar-refractivity contribution < 1.29 is 21.6 Å². The van der Waals surface area contributed by atoms with Crippen molar-refractivity contribution in [2.45, 2.75) is 42.8 Å². The molecule has 21 heavy (non-hydrogen) atoms. The highest BCUT2D eigenvalue weighted by molar-refractivity contribution is 7.90. The van der Waals surface area contributed by atoms with Crippen LogP contribution in [0.5, 0.6) is 0 Å². The standard InChI is InChI=1S/C14H18F3NO2S/c1-21(19,20)13-4-2-3-12(9-13)18-11-7-5-10(6-8-11)14(15,16)17/h2-4,9-11,18H,5-8H2,1H3. The molecule has 1 saturated carbocycles. The lowest BCUT2D eigenvalue weighted by atomic mass is 9.85. The lowest BCUT2D eigenvalue weighted by molar-refractivity contribution is -0.182. The first-order valence-corrected chi connectivity index (χ1v) is 8.69. The third kappa shape index (κ3) is 4.36. The van der Waals surface area contributed by atoms with Crippen LogP contribution < -0.4 is 5.32 Å². The molecular weight excluding hydrogens is 303 g/mol. The predicted molar refractivity (Wildman–Crippen MR) is 75.0 cm³/mol. The van der Waals surface area contributed by atoms with Crippen LogP contribution in [0.4, 0.5) is 18.9 Å². The fourth-order valence-corrected chi connectivity index (χ4v) is 3.28. The summed E-state index contributed by atoms with van der Waals surface area (Å²) < 4.78 is 60.7. The molecule has 0 amide bonds. The number of hydrogen-bond donors (Lipinski definition) is 1. The molecule has 118 valence electrons. The molecule has 0 heterocycles. The monoisotopic (exact) mass is 321 g/mol. The second-order valence-electron chi connectivity index (χ2n) is 5.53. The molecule has 0 spiro atoms. The number of rotatable bonds is 3. The van der Waals surface area contributed by atoms with Crippen LogP contribution in [-0.4, -0.2) is 26.9 Å². The minimum Gasteiger partial charge on any atom is -0.382 e. The van der Waals surface area contributed by atoms with Gasteiger partial charge in [0.2, 0.25) is 0 Å². The third-order valence-electron chi connectivity index (χ3n) is 3.82. The van der Waals surface area contributed by atoms with E-state index in [0.29, 0.717) is 18.5 Å². The third-order valence-corrected chi connectivity index (χ3v) is 4.93. The Morgan fingerprint density at radius 2 is 1.76 bits per heavy atom. The number of hydrogen-bond acceptors (Lipinski definition) is 3. The number of sulfone groups is 1. The maximum atomic E-state index is 12.6. The number of benzene rings is 1. The second-order valence-corrected chi connectivity index (χ2v) is 7.55. The van der Waals surface area contributed by atoms with Crippen molar-refractivity contribution in [3.05, 3.63) is 24.3 Å². The van der Waals surface area contributed by atoms with Gasteiger partial charge in [-0.3, -0.25) is 0 Å². The molecule has 7 heteroatoms. The fraction of sp³-hybridized carbons (Fsp3) is 0.571. The van der Waals surface area contributed by atoms with E-state index in [9.17, 15) is 21.6 Å². The fourth-order valence-electron chi connectivity index (χ4n) is 2.62. The first-order valence-electron chi connectivity index (χ1n) is 6.79. The molecule has 1 aromatic carbocycles. The number of anilines is 1. The Balaban J connectivity index is 1.98. The summed E-state index contributed by atoms with van der Waals surface area (Å²) in [4.78, 5) is 0.205. The van der Waals surface area contributed by atoms with Gasteiger partial charge in [-0.05, 0) is 43.9 Å². The molecule has 1 fully saturated rings. The van der Waals surface area contributed by atoms with Crippen molar-refractivity contribution in [3.8, 4) is 0 Å². The maximum absolute atomic E-state index is 12.6. The van der Waals surface area contributed by atoms with E-state index >= 15 is 0 Å². The summed E-state index contributed by atoms with van der Waals surface area (Å²) in [5.74, 6) is -1.21. The van der Waals surface area contributed by atoms with Gasteiger partial charge in [-0.2, -0.15) is 13.2 Å². The van der Waals surface area contributed by atoms with Crippen LogP contribution in [0.15, 0.2) is 29.2 Å². The van der Waals surface area contributed by atoms with Crippen LogP contribution in [0.3, 0.4) is 0 Å². The van der Waals surface area contributed by atoms with Gasteiger partial charge in [0.1, 0.15) is 0 Å². The van der Waals surface area contributed by atoms with Crippen molar-refractivity contribution in [2.75, 3.05) is 11.6 Å². The number of halogens is 3. The zero-order chi connectivity index (χ0) is 15.7. The van der Waals surface area contributed by atoms with Gasteiger partial charge in [0.05, 0.1) is 10.8 Å². The van der Waals surface area contributed by atoms with Crippen molar-refractivity contribution in [1.29, 1.82) is 0 Å². The van der Waals surface area contributed by atoms with Crippen LogP contribution in [0.2, 0.25) is 0 Å². The zero-order valence-electron chi connectivity index (χ0n) is 11.7. The van der Waals surface area contributed by atoms with E-state index in [1.807, 2.05) is 0 Å². The van der Waals surface area contributed by atoms with E-state index in [0.717, 1.165) is 6.26 Å². The predicted octanol–water partition coefficient (Wildman–Crippen LogP) is 3.62. The van der Waals surface area contributed by atoms with Crippen molar-refractivity contribution in [1.82, 2.24) is 0 Å². The van der Waals surface area contributed by atoms with Gasteiger partial charge in [0.15, 0.2) is 9.84 Å². The lowest BCUT2D eigenvalue weighted by Crippen LogP contribution is -2.32. The van der Waals surface area contributed by atoms with E-state index in [4.69, 9.17) is 0 Å². The van der Waals surface area contributed by atoms with E-state index in [2.05, 4.69) is 5.32 Å². The highest BCUT2D eigenvalue weighted by Gasteiger charge is 2.41. The van der Waals surface area contributed by atoms with Crippen LogP contribution in [-0.2, 0) is 9.84 Å². The Kier molecular flexibility index (Phi) is 4.51. The summed E-state index contributed by atoms with van der Waals surface area (Å²) >= 11 is 0. The smallest absolute Gasteiger partial charge is 0.382 e. The molecule has 1 aliphatic rings.